The maximum Gasteiger partial charge on any atom is 0.410 e. The average molecular weight is 519 g/mol. The summed E-state index contributed by atoms with van der Waals surface area (Å²) in [5, 5.41) is 5.30. The summed E-state index contributed by atoms with van der Waals surface area (Å²) in [5.74, 6) is -0.503. The van der Waals surface area contributed by atoms with E-state index in [2.05, 4.69) is 29.6 Å². The number of nitrogens with one attached hydrogen (secondary N) is 1. The fourth-order valence-corrected chi connectivity index (χ4v) is 4.16. The van der Waals surface area contributed by atoms with Gasteiger partial charge in [-0.05, 0) is 62.4 Å². The quantitative estimate of drug-likeness (QED) is 0.186. The number of carbonyl (C=O) groups is 3. The second kappa shape index (κ2) is 13.7. The van der Waals surface area contributed by atoms with Crippen molar-refractivity contribution in [1.82, 2.24) is 10.2 Å². The number of unbranched alkanes of at least 4 members (excludes halogenated alkanes) is 1. The van der Waals surface area contributed by atoms with Gasteiger partial charge in [0.1, 0.15) is 11.6 Å². The molecule has 0 unspecified atom stereocenters. The summed E-state index contributed by atoms with van der Waals surface area (Å²) in [5.41, 5.74) is 0.998. The third-order valence-electron chi connectivity index (χ3n) is 6.10. The second-order valence-corrected chi connectivity index (χ2v) is 10.3. The minimum absolute atomic E-state index is 0.0375. The monoisotopic (exact) mass is 518 g/mol. The molecule has 1 amide bonds. The average Bonchev–Trinajstić information content (AvgIpc) is 2.90. The number of hydrogen-bond donors (Lipinski definition) is 1. The van der Waals surface area contributed by atoms with Crippen molar-refractivity contribution in [2.45, 2.75) is 58.2 Å². The van der Waals surface area contributed by atoms with Gasteiger partial charge < -0.3 is 14.4 Å². The Bertz CT molecular complexity index is 1220. The molecule has 3 rings (SSSR count). The van der Waals surface area contributed by atoms with Gasteiger partial charge in [0.05, 0.1) is 13.7 Å². The molecule has 0 aromatic heterocycles. The lowest BCUT2D eigenvalue weighted by molar-refractivity contribution is -0.143. The molecule has 7 nitrogen and oxygen atoms in total. The number of methoxy groups -OCH3 is 1. The molecular formula is C31H38N2O5. The normalized spacial score (nSPS) is 12.1. The number of esters is 1. The fraction of sp³-hybridized carbons (Fsp3) is 0.387. The first-order valence-electron chi connectivity index (χ1n) is 13.0. The van der Waals surface area contributed by atoms with Crippen molar-refractivity contribution in [3.63, 3.8) is 0 Å². The molecule has 0 aliphatic carbocycles. The highest BCUT2D eigenvalue weighted by molar-refractivity contribution is 5.97. The highest BCUT2D eigenvalue weighted by Crippen LogP contribution is 2.19. The zero-order valence-electron chi connectivity index (χ0n) is 22.7. The summed E-state index contributed by atoms with van der Waals surface area (Å²) in [4.78, 5) is 39.5. The van der Waals surface area contributed by atoms with Gasteiger partial charge in [0, 0.05) is 18.7 Å². The molecule has 0 saturated carbocycles. The summed E-state index contributed by atoms with van der Waals surface area (Å²) in [6, 6.07) is 22.6. The second-order valence-electron chi connectivity index (χ2n) is 10.3. The van der Waals surface area contributed by atoms with Gasteiger partial charge in [-0.1, -0.05) is 66.7 Å². The number of carbonyl (C=O) groups excluding carboxylic acids is 3. The number of ketones is 1. The highest BCUT2D eigenvalue weighted by atomic mass is 16.6. The number of nitrogens with zero attached hydrogens (tertiary/aromatic N) is 1. The Kier molecular flexibility index (Phi) is 10.4. The number of hydrogen-bond acceptors (Lipinski definition) is 6. The molecule has 0 heterocycles. The van der Waals surface area contributed by atoms with Crippen LogP contribution in [0.15, 0.2) is 72.8 Å². The molecule has 0 radical (unpaired) electrons. The Hall–Kier alpha value is -3.71. The van der Waals surface area contributed by atoms with Crippen molar-refractivity contribution in [2.75, 3.05) is 20.2 Å². The lowest BCUT2D eigenvalue weighted by Crippen LogP contribution is -2.40. The molecular weight excluding hydrogens is 480 g/mol. The van der Waals surface area contributed by atoms with Crippen LogP contribution in [0.5, 0.6) is 0 Å². The summed E-state index contributed by atoms with van der Waals surface area (Å²) in [6.45, 7) is 6.48. The zero-order chi connectivity index (χ0) is 27.5. The van der Waals surface area contributed by atoms with Crippen LogP contribution in [-0.2, 0) is 20.8 Å². The Balaban J connectivity index is 1.59. The summed E-state index contributed by atoms with van der Waals surface area (Å²) in [7, 11) is 1.34. The molecule has 38 heavy (non-hydrogen) atoms. The van der Waals surface area contributed by atoms with Crippen LogP contribution in [-0.4, -0.2) is 54.6 Å². The Labute approximate surface area is 225 Å². The van der Waals surface area contributed by atoms with Gasteiger partial charge in [-0.25, -0.2) is 4.79 Å². The lowest BCUT2D eigenvalue weighted by atomic mass is 10.1. The van der Waals surface area contributed by atoms with E-state index in [9.17, 15) is 14.4 Å². The van der Waals surface area contributed by atoms with E-state index >= 15 is 0 Å². The van der Waals surface area contributed by atoms with Crippen molar-refractivity contribution in [1.29, 1.82) is 0 Å². The molecule has 0 fully saturated rings. The number of benzene rings is 3. The Morgan fingerprint density at radius 2 is 1.58 bits per heavy atom. The largest absolute Gasteiger partial charge is 0.468 e. The van der Waals surface area contributed by atoms with E-state index in [-0.39, 0.29) is 18.4 Å². The molecule has 3 aromatic rings. The fourth-order valence-electron chi connectivity index (χ4n) is 4.16. The summed E-state index contributed by atoms with van der Waals surface area (Å²) >= 11 is 0. The molecule has 0 saturated heterocycles. The van der Waals surface area contributed by atoms with Gasteiger partial charge in [-0.2, -0.15) is 0 Å². The van der Waals surface area contributed by atoms with Crippen molar-refractivity contribution >= 4 is 28.6 Å². The zero-order valence-corrected chi connectivity index (χ0v) is 22.7. The van der Waals surface area contributed by atoms with E-state index in [0.717, 1.165) is 16.3 Å². The van der Waals surface area contributed by atoms with E-state index in [4.69, 9.17) is 9.47 Å². The number of fused-ring (bicyclic) bond motifs is 1. The number of ether oxygens (including phenoxy) is 2. The Morgan fingerprint density at radius 1 is 0.895 bits per heavy atom. The molecule has 202 valence electrons. The Morgan fingerprint density at radius 3 is 2.26 bits per heavy atom. The first kappa shape index (κ1) is 28.9. The molecule has 1 N–H and O–H groups in total. The highest BCUT2D eigenvalue weighted by Gasteiger charge is 2.23. The van der Waals surface area contributed by atoms with Gasteiger partial charge in [-0.3, -0.25) is 14.9 Å². The van der Waals surface area contributed by atoms with E-state index in [1.807, 2.05) is 45.0 Å². The van der Waals surface area contributed by atoms with Crippen LogP contribution in [0.4, 0.5) is 4.79 Å². The van der Waals surface area contributed by atoms with Crippen LogP contribution in [0.1, 0.15) is 56.0 Å². The van der Waals surface area contributed by atoms with E-state index < -0.39 is 17.6 Å². The number of amides is 1. The molecule has 1 atom stereocenters. The maximum atomic E-state index is 13.0. The predicted octanol–water partition coefficient (Wildman–Crippen LogP) is 5.76. The first-order valence-corrected chi connectivity index (χ1v) is 13.0. The van der Waals surface area contributed by atoms with Gasteiger partial charge in [0.15, 0.2) is 5.78 Å². The molecule has 3 aromatic carbocycles. The first-order chi connectivity index (χ1) is 18.2. The molecule has 0 bridgehead atoms. The molecule has 7 heteroatoms. The van der Waals surface area contributed by atoms with Crippen molar-refractivity contribution in [2.24, 2.45) is 0 Å². The smallest absolute Gasteiger partial charge is 0.410 e. The molecule has 0 spiro atoms. The van der Waals surface area contributed by atoms with E-state index in [1.54, 1.807) is 29.2 Å². The summed E-state index contributed by atoms with van der Waals surface area (Å²) < 4.78 is 10.6. The van der Waals surface area contributed by atoms with Crippen LogP contribution in [0.2, 0.25) is 0 Å². The topological polar surface area (TPSA) is 84.9 Å². The summed E-state index contributed by atoms with van der Waals surface area (Å²) in [6.07, 6.45) is 1.42. The minimum atomic E-state index is -0.608. The predicted molar refractivity (Wildman–Crippen MR) is 149 cm³/mol. The van der Waals surface area contributed by atoms with Crippen molar-refractivity contribution in [3.05, 3.63) is 83.9 Å². The van der Waals surface area contributed by atoms with Crippen LogP contribution >= 0.6 is 0 Å². The number of Topliss-reactive ketones (excluding diaryl/α,β-unsaturated/α-hetero) is 1. The minimum Gasteiger partial charge on any atom is -0.468 e. The van der Waals surface area contributed by atoms with Crippen LogP contribution in [0.3, 0.4) is 0 Å². The van der Waals surface area contributed by atoms with Crippen LogP contribution in [0, 0.1) is 0 Å². The van der Waals surface area contributed by atoms with Gasteiger partial charge in [0.2, 0.25) is 0 Å². The van der Waals surface area contributed by atoms with E-state index in [1.165, 1.54) is 7.11 Å². The number of rotatable bonds is 12. The van der Waals surface area contributed by atoms with Crippen LogP contribution < -0.4 is 5.32 Å². The lowest BCUT2D eigenvalue weighted by Gasteiger charge is -2.28. The SMILES string of the molecule is COC(=O)[C@H](CCCCN(Cc1ccc2ccccc2c1)C(=O)OC(C)(C)C)NCC(=O)c1ccccc1. The third kappa shape index (κ3) is 8.99. The third-order valence-corrected chi connectivity index (χ3v) is 6.10. The van der Waals surface area contributed by atoms with Crippen LogP contribution in [0.25, 0.3) is 10.8 Å². The molecule has 0 aliphatic rings. The van der Waals surface area contributed by atoms with Crippen molar-refractivity contribution in [3.8, 4) is 0 Å². The van der Waals surface area contributed by atoms with Gasteiger partial charge in [-0.15, -0.1) is 0 Å². The van der Waals surface area contributed by atoms with Gasteiger partial charge >= 0.3 is 12.1 Å². The molecule has 0 aliphatic heterocycles. The van der Waals surface area contributed by atoms with Crippen molar-refractivity contribution < 1.29 is 23.9 Å². The maximum absolute atomic E-state index is 13.0. The van der Waals surface area contributed by atoms with E-state index in [0.29, 0.717) is 37.9 Å². The standard InChI is InChI=1S/C31H38N2O5/c1-31(2,3)38-30(36)33(22-23-17-18-24-12-8-9-15-26(24)20-23)19-11-10-16-27(29(35)37-4)32-21-28(34)25-13-6-5-7-14-25/h5-9,12-15,17-18,20,27,32H,10-11,16,19,21-22H2,1-4H3/t27-/m0/s1. The van der Waals surface area contributed by atoms with Gasteiger partial charge in [0.25, 0.3) is 0 Å².